The molecule has 0 saturated heterocycles. The molecule has 0 fully saturated rings. The van der Waals surface area contributed by atoms with Gasteiger partial charge in [-0.15, -0.1) is 0 Å². The third-order valence-electron chi connectivity index (χ3n) is 0.747. The van der Waals surface area contributed by atoms with E-state index in [1.165, 1.54) is 12.4 Å². The van der Waals surface area contributed by atoms with E-state index >= 15 is 0 Å². The zero-order valence-electron chi connectivity index (χ0n) is 4.62. The number of aromatic nitrogens is 2. The maximum Gasteiger partial charge on any atom is 0.168 e. The molecule has 1 unspecified atom stereocenters. The SMILES string of the molecule is O=S(Cl)c1cncc(Cl)n1. The van der Waals surface area contributed by atoms with Crippen LogP contribution in [0.15, 0.2) is 17.4 Å². The van der Waals surface area contributed by atoms with Gasteiger partial charge in [0.05, 0.1) is 12.4 Å². The van der Waals surface area contributed by atoms with Crippen LogP contribution >= 0.6 is 22.3 Å². The molecule has 0 aliphatic carbocycles. The van der Waals surface area contributed by atoms with Crippen LogP contribution in [0.4, 0.5) is 0 Å². The largest absolute Gasteiger partial charge is 0.259 e. The zero-order chi connectivity index (χ0) is 7.56. The minimum Gasteiger partial charge on any atom is -0.259 e. The quantitative estimate of drug-likeness (QED) is 0.639. The Morgan fingerprint density at radius 1 is 1.50 bits per heavy atom. The average Bonchev–Trinajstić information content (AvgIpc) is 1.88. The first-order chi connectivity index (χ1) is 4.70. The Balaban J connectivity index is 3.07. The Morgan fingerprint density at radius 3 is 2.60 bits per heavy atom. The molecule has 0 N–H and O–H groups in total. The minimum absolute atomic E-state index is 0.175. The fraction of sp³-hybridized carbons (Fsp3) is 0. The average molecular weight is 197 g/mol. The molecule has 10 heavy (non-hydrogen) atoms. The van der Waals surface area contributed by atoms with E-state index in [1.807, 2.05) is 0 Å². The molecule has 0 aromatic carbocycles. The predicted molar refractivity (Wildman–Crippen MR) is 39.3 cm³/mol. The lowest BCUT2D eigenvalue weighted by molar-refractivity contribution is 0.688. The molecule has 1 atom stereocenters. The van der Waals surface area contributed by atoms with Crippen LogP contribution in [0.3, 0.4) is 0 Å². The van der Waals surface area contributed by atoms with E-state index in [0.29, 0.717) is 0 Å². The molecule has 0 aliphatic rings. The van der Waals surface area contributed by atoms with E-state index in [0.717, 1.165) is 0 Å². The second-order valence-electron chi connectivity index (χ2n) is 1.40. The number of rotatable bonds is 1. The second kappa shape index (κ2) is 3.27. The van der Waals surface area contributed by atoms with Crippen molar-refractivity contribution in [1.82, 2.24) is 9.97 Å². The van der Waals surface area contributed by atoms with Crippen molar-refractivity contribution in [2.45, 2.75) is 5.03 Å². The van der Waals surface area contributed by atoms with Gasteiger partial charge >= 0.3 is 0 Å². The Labute approximate surface area is 69.4 Å². The van der Waals surface area contributed by atoms with Gasteiger partial charge in [0.1, 0.15) is 5.15 Å². The molecule has 3 nitrogen and oxygen atoms in total. The molecule has 1 aromatic rings. The highest BCUT2D eigenvalue weighted by Crippen LogP contribution is 2.08. The molecule has 0 aliphatic heterocycles. The fourth-order valence-electron chi connectivity index (χ4n) is 0.403. The molecule has 0 saturated carbocycles. The van der Waals surface area contributed by atoms with Crippen LogP contribution < -0.4 is 0 Å². The number of nitrogens with zero attached hydrogens (tertiary/aromatic N) is 2. The highest BCUT2D eigenvalue weighted by molar-refractivity contribution is 8.08. The Morgan fingerprint density at radius 2 is 2.20 bits per heavy atom. The maximum atomic E-state index is 10.5. The molecule has 6 heteroatoms. The Hall–Kier alpha value is -0.190. The summed E-state index contributed by atoms with van der Waals surface area (Å²) >= 11 is 5.42. The van der Waals surface area contributed by atoms with Crippen LogP contribution in [-0.4, -0.2) is 14.2 Å². The van der Waals surface area contributed by atoms with Crippen LogP contribution in [0, 0.1) is 0 Å². The molecular weight excluding hydrogens is 195 g/mol. The van der Waals surface area contributed by atoms with Gasteiger partial charge in [0, 0.05) is 0 Å². The van der Waals surface area contributed by atoms with E-state index < -0.39 is 10.0 Å². The maximum absolute atomic E-state index is 10.5. The van der Waals surface area contributed by atoms with E-state index in [1.54, 1.807) is 0 Å². The molecule has 1 aromatic heterocycles. The lowest BCUT2D eigenvalue weighted by Crippen LogP contribution is -1.88. The van der Waals surface area contributed by atoms with Gasteiger partial charge in [-0.2, -0.15) is 0 Å². The highest BCUT2D eigenvalue weighted by atomic mass is 35.7. The van der Waals surface area contributed by atoms with Crippen molar-refractivity contribution in [3.05, 3.63) is 17.5 Å². The summed E-state index contributed by atoms with van der Waals surface area (Å²) in [4.78, 5) is 7.28. The summed E-state index contributed by atoms with van der Waals surface area (Å²) in [5, 5.41) is 0.362. The van der Waals surface area contributed by atoms with Gasteiger partial charge < -0.3 is 0 Å². The van der Waals surface area contributed by atoms with Crippen molar-refractivity contribution >= 4 is 32.3 Å². The van der Waals surface area contributed by atoms with Gasteiger partial charge in [-0.1, -0.05) is 11.6 Å². The lowest BCUT2D eigenvalue weighted by atomic mass is 10.8. The lowest BCUT2D eigenvalue weighted by Gasteiger charge is -1.90. The van der Waals surface area contributed by atoms with E-state index in [9.17, 15) is 4.21 Å². The predicted octanol–water partition coefficient (Wildman–Crippen LogP) is 1.39. The summed E-state index contributed by atoms with van der Waals surface area (Å²) in [5.41, 5.74) is 0. The summed E-state index contributed by atoms with van der Waals surface area (Å²) in [7, 11) is 3.56. The van der Waals surface area contributed by atoms with Crippen molar-refractivity contribution in [2.24, 2.45) is 0 Å². The Bertz CT molecular complexity index is 267. The summed E-state index contributed by atoms with van der Waals surface area (Å²) in [5.74, 6) is 0. The standard InChI is InChI=1S/C4H2Cl2N2OS/c5-3-1-7-2-4(8-3)10(6)9/h1-2H. The topological polar surface area (TPSA) is 42.9 Å². The summed E-state index contributed by atoms with van der Waals surface area (Å²) in [6, 6.07) is 0. The number of hydrogen-bond acceptors (Lipinski definition) is 3. The second-order valence-corrected chi connectivity index (χ2v) is 3.50. The molecule has 0 amide bonds. The minimum atomic E-state index is -1.63. The normalized spacial score (nSPS) is 13.0. The first kappa shape index (κ1) is 7.91. The van der Waals surface area contributed by atoms with Gasteiger partial charge in [-0.3, -0.25) is 4.98 Å². The molecular formula is C4H2Cl2N2OS. The zero-order valence-corrected chi connectivity index (χ0v) is 6.95. The van der Waals surface area contributed by atoms with Crippen LogP contribution in [0.1, 0.15) is 0 Å². The van der Waals surface area contributed by atoms with Crippen LogP contribution in [0.25, 0.3) is 0 Å². The van der Waals surface area contributed by atoms with Gasteiger partial charge in [0.15, 0.2) is 15.0 Å². The highest BCUT2D eigenvalue weighted by Gasteiger charge is 2.01. The monoisotopic (exact) mass is 196 g/mol. The molecule has 1 heterocycles. The number of halogens is 2. The third-order valence-corrected chi connectivity index (χ3v) is 1.93. The molecule has 0 spiro atoms. The molecule has 54 valence electrons. The van der Waals surface area contributed by atoms with Crippen molar-refractivity contribution in [1.29, 1.82) is 0 Å². The fourth-order valence-corrected chi connectivity index (χ4v) is 1.14. The van der Waals surface area contributed by atoms with E-state index in [2.05, 4.69) is 9.97 Å². The van der Waals surface area contributed by atoms with Crippen LogP contribution in [0.5, 0.6) is 0 Å². The number of hydrogen-bond donors (Lipinski definition) is 0. The first-order valence-electron chi connectivity index (χ1n) is 2.26. The Kier molecular flexibility index (Phi) is 2.59. The first-order valence-corrected chi connectivity index (χ1v) is 4.61. The van der Waals surface area contributed by atoms with Crippen molar-refractivity contribution in [3.63, 3.8) is 0 Å². The van der Waals surface area contributed by atoms with Gasteiger partial charge in [-0.25, -0.2) is 9.19 Å². The van der Waals surface area contributed by atoms with Gasteiger partial charge in [0.2, 0.25) is 0 Å². The van der Waals surface area contributed by atoms with Gasteiger partial charge in [0.25, 0.3) is 0 Å². The smallest absolute Gasteiger partial charge is 0.168 e. The summed E-state index contributed by atoms with van der Waals surface area (Å²) in [6.07, 6.45) is 2.64. The van der Waals surface area contributed by atoms with Crippen molar-refractivity contribution in [2.75, 3.05) is 0 Å². The van der Waals surface area contributed by atoms with E-state index in [4.69, 9.17) is 22.3 Å². The molecule has 0 radical (unpaired) electrons. The summed E-state index contributed by atoms with van der Waals surface area (Å²) in [6.45, 7) is 0. The van der Waals surface area contributed by atoms with Crippen molar-refractivity contribution in [3.8, 4) is 0 Å². The third kappa shape index (κ3) is 1.90. The summed E-state index contributed by atoms with van der Waals surface area (Å²) < 4.78 is 10.5. The van der Waals surface area contributed by atoms with Crippen molar-refractivity contribution < 1.29 is 4.21 Å². The molecule has 1 rings (SSSR count). The van der Waals surface area contributed by atoms with Gasteiger partial charge in [-0.05, 0) is 10.7 Å². The van der Waals surface area contributed by atoms with Crippen LogP contribution in [-0.2, 0) is 10.0 Å². The van der Waals surface area contributed by atoms with E-state index in [-0.39, 0.29) is 10.2 Å². The van der Waals surface area contributed by atoms with Crippen LogP contribution in [0.2, 0.25) is 5.15 Å². The molecule has 0 bridgehead atoms.